The SMILES string of the molecule is CC(C)(C)c1cc2c(cc1-c1ccccc1)[cH-]c1cc(-c3ccccc3)c(C(C)(C)C)cc12.Clc1ccc([C](=[Zr+2])c2ccccc2)cc1.[C-]1=CC=CC1.[Cl-].[Cl-]. The van der Waals surface area contributed by atoms with Gasteiger partial charge >= 0.3 is 110 Å². The zero-order valence-corrected chi connectivity index (χ0v) is 37.2. The zero-order valence-electron chi connectivity index (χ0n) is 32.4. The van der Waals surface area contributed by atoms with Crippen LogP contribution in [0.3, 0.4) is 0 Å². The summed E-state index contributed by atoms with van der Waals surface area (Å²) in [6, 6.07) is 52.2. The molecule has 0 N–H and O–H groups in total. The normalized spacial score (nSPS) is 11.9. The van der Waals surface area contributed by atoms with Crippen molar-refractivity contribution in [2.75, 3.05) is 0 Å². The molecule has 8 rings (SSSR count). The van der Waals surface area contributed by atoms with E-state index in [0.29, 0.717) is 0 Å². The second-order valence-electron chi connectivity index (χ2n) is 15.6. The predicted molar refractivity (Wildman–Crippen MR) is 228 cm³/mol. The molecule has 4 heteroatoms. The smallest absolute Gasteiger partial charge is 0.109 e. The molecule has 0 unspecified atom stereocenters. The molecule has 0 saturated heterocycles. The van der Waals surface area contributed by atoms with Crippen molar-refractivity contribution >= 4 is 36.4 Å². The van der Waals surface area contributed by atoms with E-state index in [0.717, 1.165) is 11.4 Å². The van der Waals surface area contributed by atoms with Gasteiger partial charge in [0.05, 0.1) is 0 Å². The molecule has 0 heterocycles. The second-order valence-corrected chi connectivity index (χ2v) is 17.3. The van der Waals surface area contributed by atoms with Gasteiger partial charge in [-0.2, -0.15) is 6.08 Å². The molecule has 0 nitrogen and oxygen atoms in total. The van der Waals surface area contributed by atoms with Crippen LogP contribution in [0, 0.1) is 6.08 Å². The summed E-state index contributed by atoms with van der Waals surface area (Å²) >= 11 is 7.28. The summed E-state index contributed by atoms with van der Waals surface area (Å²) in [7, 11) is 0. The van der Waals surface area contributed by atoms with Crippen LogP contribution in [0.4, 0.5) is 0 Å². The number of fused-ring (bicyclic) bond motifs is 3. The minimum Gasteiger partial charge on any atom is -1.00 e. The van der Waals surface area contributed by atoms with Gasteiger partial charge in [-0.25, -0.2) is 12.2 Å². The summed E-state index contributed by atoms with van der Waals surface area (Å²) in [6.45, 7) is 13.9. The first-order chi connectivity index (χ1) is 25.4. The molecule has 0 saturated carbocycles. The summed E-state index contributed by atoms with van der Waals surface area (Å²) in [5, 5.41) is 6.15. The molecule has 55 heavy (non-hydrogen) atoms. The van der Waals surface area contributed by atoms with E-state index >= 15 is 0 Å². The minimum atomic E-state index is 0. The fraction of sp³-hybridized carbons (Fsp3) is 0.176. The Morgan fingerprint density at radius 3 is 1.36 bits per heavy atom. The first kappa shape index (κ1) is 44.0. The van der Waals surface area contributed by atoms with Crippen LogP contribution >= 0.6 is 11.6 Å². The van der Waals surface area contributed by atoms with Crippen LogP contribution in [0.5, 0.6) is 0 Å². The van der Waals surface area contributed by atoms with Crippen molar-refractivity contribution in [1.82, 2.24) is 0 Å². The van der Waals surface area contributed by atoms with Gasteiger partial charge in [0.15, 0.2) is 0 Å². The van der Waals surface area contributed by atoms with E-state index < -0.39 is 0 Å². The third kappa shape index (κ3) is 11.0. The summed E-state index contributed by atoms with van der Waals surface area (Å²) in [5.74, 6) is 0. The monoisotopic (exact) mass is 854 g/mol. The van der Waals surface area contributed by atoms with Crippen LogP contribution in [0.15, 0.2) is 164 Å². The van der Waals surface area contributed by atoms with Crippen molar-refractivity contribution in [2.45, 2.75) is 58.8 Å². The van der Waals surface area contributed by atoms with Crippen molar-refractivity contribution in [3.05, 3.63) is 197 Å². The van der Waals surface area contributed by atoms with Crippen LogP contribution in [0.25, 0.3) is 43.8 Å². The topological polar surface area (TPSA) is 0 Å². The first-order valence-corrected chi connectivity index (χ1v) is 20.0. The fourth-order valence-corrected chi connectivity index (χ4v) is 7.73. The Hall–Kier alpha value is -3.71. The molecule has 0 spiro atoms. The van der Waals surface area contributed by atoms with Crippen LogP contribution < -0.4 is 24.8 Å². The van der Waals surface area contributed by atoms with Gasteiger partial charge in [0, 0.05) is 0 Å². The standard InChI is InChI=1S/C33H33.C13H9Cl.C5H5.2ClH.Zr/c1-32(2,3)30-20-26-24(18-28(30)22-13-9-7-10-14-22)17-25-19-29(23-15-11-8-12-16-23)31(21-27(25)26)33(4,5)6;14-13-8-6-12(7-9-13)10-11-4-2-1-3-5-11;1-2-4-5-3-1;;;/h7-21H,1-6H3;1-9H;1-3H,4H2;2*1H;/q-1;;-1;;;+2/p-2. The molecule has 0 radical (unpaired) electrons. The molecule has 278 valence electrons. The predicted octanol–water partition coefficient (Wildman–Crippen LogP) is 8.41. The van der Waals surface area contributed by atoms with Crippen molar-refractivity contribution < 1.29 is 49.0 Å². The molecule has 7 aromatic rings. The molecule has 1 aliphatic carbocycles. The molecule has 0 aliphatic heterocycles. The van der Waals surface area contributed by atoms with Gasteiger partial charge < -0.3 is 24.8 Å². The summed E-state index contributed by atoms with van der Waals surface area (Å²) < 4.78 is 1.36. The molecular weight excluding hydrogens is 810 g/mol. The molecule has 1 aliphatic rings. The van der Waals surface area contributed by atoms with Gasteiger partial charge in [0.25, 0.3) is 0 Å². The van der Waals surface area contributed by atoms with Crippen molar-refractivity contribution in [2.24, 2.45) is 0 Å². The molecule has 0 aromatic heterocycles. The van der Waals surface area contributed by atoms with E-state index in [1.807, 2.05) is 30.4 Å². The third-order valence-electron chi connectivity index (χ3n) is 9.55. The van der Waals surface area contributed by atoms with E-state index in [1.165, 1.54) is 93.5 Å². The Labute approximate surface area is 360 Å². The van der Waals surface area contributed by atoms with Crippen LogP contribution in [-0.4, -0.2) is 3.21 Å². The summed E-state index contributed by atoms with van der Waals surface area (Å²) in [4.78, 5) is 0. The maximum atomic E-state index is 5.86. The van der Waals surface area contributed by atoms with Gasteiger partial charge in [-0.1, -0.05) is 114 Å². The molecule has 7 aromatic carbocycles. The average Bonchev–Trinajstić information content (AvgIpc) is 3.86. The average molecular weight is 858 g/mol. The van der Waals surface area contributed by atoms with Gasteiger partial charge in [0.1, 0.15) is 0 Å². The second kappa shape index (κ2) is 19.4. The summed E-state index contributed by atoms with van der Waals surface area (Å²) in [6.07, 6.45) is 10.0. The number of hydrogen-bond acceptors (Lipinski definition) is 0. The Kier molecular flexibility index (Phi) is 15.6. The van der Waals surface area contributed by atoms with Crippen LogP contribution in [-0.2, 0) is 35.1 Å². The van der Waals surface area contributed by atoms with Gasteiger partial charge in [0.2, 0.25) is 0 Å². The molecular formula is C51H47Cl3Zr-2. The number of halogens is 3. The maximum absolute atomic E-state index is 5.86. The summed E-state index contributed by atoms with van der Waals surface area (Å²) in [5.41, 5.74) is 10.7. The first-order valence-electron chi connectivity index (χ1n) is 18.3. The van der Waals surface area contributed by atoms with E-state index in [-0.39, 0.29) is 35.6 Å². The number of hydrogen-bond donors (Lipinski definition) is 0. The number of allylic oxidation sites excluding steroid dienone is 4. The van der Waals surface area contributed by atoms with E-state index in [2.05, 4.69) is 181 Å². The number of rotatable bonds is 4. The van der Waals surface area contributed by atoms with Gasteiger partial charge in [-0.3, -0.25) is 6.08 Å². The quantitative estimate of drug-likeness (QED) is 0.156. The van der Waals surface area contributed by atoms with Crippen molar-refractivity contribution in [1.29, 1.82) is 0 Å². The molecule has 0 bridgehead atoms. The van der Waals surface area contributed by atoms with Crippen LogP contribution in [0.2, 0.25) is 5.02 Å². The van der Waals surface area contributed by atoms with E-state index in [1.54, 1.807) is 0 Å². The fourth-order valence-electron chi connectivity index (χ4n) is 6.79. The Morgan fingerprint density at radius 2 is 1.00 bits per heavy atom. The zero-order chi connectivity index (χ0) is 37.6. The Balaban J connectivity index is 0.000000253. The van der Waals surface area contributed by atoms with Crippen LogP contribution in [0.1, 0.15) is 70.2 Å². The van der Waals surface area contributed by atoms with Crippen molar-refractivity contribution in [3.8, 4) is 22.3 Å². The van der Waals surface area contributed by atoms with Gasteiger partial charge in [-0.15, -0.1) is 46.2 Å². The van der Waals surface area contributed by atoms with E-state index in [9.17, 15) is 0 Å². The van der Waals surface area contributed by atoms with Crippen molar-refractivity contribution in [3.63, 3.8) is 0 Å². The Bertz CT molecular complexity index is 2250. The number of benzene rings is 6. The Morgan fingerprint density at radius 1 is 0.582 bits per heavy atom. The largest absolute Gasteiger partial charge is 1.00 e. The van der Waals surface area contributed by atoms with Gasteiger partial charge in [-0.05, 0) is 44.2 Å². The minimum absolute atomic E-state index is 0. The molecule has 0 amide bonds. The molecule has 0 atom stereocenters. The molecule has 0 fully saturated rings. The maximum Gasteiger partial charge on any atom is -0.109 e. The van der Waals surface area contributed by atoms with E-state index in [4.69, 9.17) is 11.6 Å². The third-order valence-corrected chi connectivity index (χ3v) is 11.2.